The summed E-state index contributed by atoms with van der Waals surface area (Å²) in [5.74, 6) is -0.452. The molecule has 0 bridgehead atoms. The number of benzene rings is 3. The van der Waals surface area contributed by atoms with Gasteiger partial charge in [0.25, 0.3) is 5.91 Å². The number of fused-ring (bicyclic) bond motifs is 1. The van der Waals surface area contributed by atoms with Crippen molar-refractivity contribution in [3.8, 4) is 5.75 Å². The molecule has 0 fully saturated rings. The first kappa shape index (κ1) is 41.4. The highest BCUT2D eigenvalue weighted by atomic mass is 19.4. The number of carbonyl (C=O) groups excluding carboxylic acids is 2. The Kier molecular flexibility index (Phi) is 14.2. The fourth-order valence-corrected chi connectivity index (χ4v) is 5.98. The summed E-state index contributed by atoms with van der Waals surface area (Å²) in [6.07, 6.45) is -7.47. The second-order valence-electron chi connectivity index (χ2n) is 13.6. The highest BCUT2D eigenvalue weighted by molar-refractivity contribution is 6.02. The number of urea groups is 1. The van der Waals surface area contributed by atoms with E-state index in [4.69, 9.17) is 9.47 Å². The van der Waals surface area contributed by atoms with E-state index in [1.54, 1.807) is 19.1 Å². The summed E-state index contributed by atoms with van der Waals surface area (Å²) in [6, 6.07) is 12.2. The third kappa shape index (κ3) is 12.1. The third-order valence-electron chi connectivity index (χ3n) is 9.00. The lowest BCUT2D eigenvalue weighted by atomic mass is 10.0. The number of nitrogens with zero attached hydrogens (tertiary/aromatic N) is 2. The summed E-state index contributed by atoms with van der Waals surface area (Å²) in [7, 11) is 1.84. The van der Waals surface area contributed by atoms with Crippen LogP contribution in [0.1, 0.15) is 67.1 Å². The van der Waals surface area contributed by atoms with Gasteiger partial charge in [0.2, 0.25) is 0 Å². The van der Waals surface area contributed by atoms with Gasteiger partial charge in [-0.3, -0.25) is 9.69 Å². The average Bonchev–Trinajstić information content (AvgIpc) is 3.09. The van der Waals surface area contributed by atoms with Crippen LogP contribution in [0.25, 0.3) is 0 Å². The number of carbonyl (C=O) groups is 2. The molecular weight excluding hydrogens is 706 g/mol. The largest absolute Gasteiger partial charge is 0.490 e. The van der Waals surface area contributed by atoms with Gasteiger partial charge in [0.15, 0.2) is 0 Å². The van der Waals surface area contributed by atoms with Crippen molar-refractivity contribution in [1.82, 2.24) is 9.80 Å². The van der Waals surface area contributed by atoms with Crippen LogP contribution >= 0.6 is 0 Å². The van der Waals surface area contributed by atoms with E-state index >= 15 is 0 Å². The summed E-state index contributed by atoms with van der Waals surface area (Å²) in [5, 5.41) is 15.3. The van der Waals surface area contributed by atoms with E-state index < -0.39 is 41.5 Å². The molecule has 3 aromatic carbocycles. The molecule has 1 heterocycles. The Labute approximate surface area is 305 Å². The Balaban J connectivity index is 1.55. The van der Waals surface area contributed by atoms with Gasteiger partial charge < -0.3 is 30.1 Å². The van der Waals surface area contributed by atoms with E-state index in [0.29, 0.717) is 31.7 Å². The van der Waals surface area contributed by atoms with Crippen LogP contribution in [-0.2, 0) is 23.6 Å². The molecule has 9 nitrogen and oxygen atoms in total. The fourth-order valence-electron chi connectivity index (χ4n) is 5.98. The van der Waals surface area contributed by atoms with Crippen LogP contribution in [-0.4, -0.2) is 78.4 Å². The molecule has 53 heavy (non-hydrogen) atoms. The molecular formula is C38H46F6N4O5. The maximum absolute atomic E-state index is 14.4. The Morgan fingerprint density at radius 2 is 1.51 bits per heavy atom. The van der Waals surface area contributed by atoms with Gasteiger partial charge in [-0.25, -0.2) is 4.79 Å². The smallest absolute Gasteiger partial charge is 0.416 e. The van der Waals surface area contributed by atoms with Gasteiger partial charge in [-0.05, 0) is 100 Å². The van der Waals surface area contributed by atoms with E-state index in [9.17, 15) is 41.0 Å². The molecule has 3 aromatic rings. The predicted octanol–water partition coefficient (Wildman–Crippen LogP) is 8.30. The fraction of sp³-hybridized carbons (Fsp3) is 0.474. The van der Waals surface area contributed by atoms with Gasteiger partial charge in [0.05, 0.1) is 41.5 Å². The zero-order valence-electron chi connectivity index (χ0n) is 30.1. The summed E-state index contributed by atoms with van der Waals surface area (Å²) in [5.41, 5.74) is -0.412. The Bertz CT molecular complexity index is 1650. The predicted molar refractivity (Wildman–Crippen MR) is 189 cm³/mol. The van der Waals surface area contributed by atoms with Gasteiger partial charge in [0, 0.05) is 43.5 Å². The molecule has 4 rings (SSSR count). The van der Waals surface area contributed by atoms with Crippen LogP contribution in [0.5, 0.6) is 5.75 Å². The molecule has 3 N–H and O–H groups in total. The van der Waals surface area contributed by atoms with E-state index in [1.165, 1.54) is 23.1 Å². The minimum Gasteiger partial charge on any atom is -0.490 e. The number of aliphatic hydroxyl groups excluding tert-OH is 1. The van der Waals surface area contributed by atoms with Crippen molar-refractivity contribution in [1.29, 1.82) is 0 Å². The Morgan fingerprint density at radius 3 is 2.11 bits per heavy atom. The number of rotatable bonds is 8. The van der Waals surface area contributed by atoms with Crippen molar-refractivity contribution in [3.05, 3.63) is 89.0 Å². The molecule has 0 unspecified atom stereocenters. The first-order valence-corrected chi connectivity index (χ1v) is 17.4. The molecule has 0 aliphatic carbocycles. The SMILES string of the molecule is C[C@H](CO)N1C[C@H](C)[C@H](CN(C)Cc2ccc(C(F)(F)F)cc2)OCCCC[C@H](C)Oc2ccc(NC(=O)Nc3ccc(C(F)(F)F)cc3)cc2C1=O. The molecule has 0 spiro atoms. The molecule has 4 atom stereocenters. The van der Waals surface area contributed by atoms with Crippen LogP contribution in [0.2, 0.25) is 0 Å². The van der Waals surface area contributed by atoms with Gasteiger partial charge in [-0.1, -0.05) is 19.1 Å². The molecule has 3 amide bonds. The molecule has 1 aliphatic rings. The summed E-state index contributed by atoms with van der Waals surface area (Å²) < 4.78 is 90.7. The number of halogens is 6. The average molecular weight is 753 g/mol. The lowest BCUT2D eigenvalue weighted by Gasteiger charge is -2.36. The highest BCUT2D eigenvalue weighted by Gasteiger charge is 2.32. The van der Waals surface area contributed by atoms with E-state index in [-0.39, 0.29) is 54.0 Å². The number of nitrogens with one attached hydrogen (secondary N) is 2. The highest BCUT2D eigenvalue weighted by Crippen LogP contribution is 2.32. The molecule has 15 heteroatoms. The van der Waals surface area contributed by atoms with Gasteiger partial charge in [-0.2, -0.15) is 26.3 Å². The Morgan fingerprint density at radius 1 is 0.925 bits per heavy atom. The van der Waals surface area contributed by atoms with Crippen LogP contribution in [0.4, 0.5) is 42.5 Å². The minimum atomic E-state index is -4.52. The van der Waals surface area contributed by atoms with Crippen LogP contribution in [0.15, 0.2) is 66.7 Å². The van der Waals surface area contributed by atoms with Crippen molar-refractivity contribution in [2.75, 3.05) is 44.0 Å². The molecule has 290 valence electrons. The molecule has 0 saturated heterocycles. The number of hydrogen-bond donors (Lipinski definition) is 3. The monoisotopic (exact) mass is 752 g/mol. The zero-order valence-corrected chi connectivity index (χ0v) is 30.1. The van der Waals surface area contributed by atoms with Crippen molar-refractivity contribution >= 4 is 23.3 Å². The standard InChI is InChI=1S/C38H46F6N4O5/c1-24-20-48(25(2)23-49)35(50)32-19-31(46-36(51)45-30-14-12-29(13-15-30)38(42,43)44)16-17-33(32)53-26(3)7-5-6-18-52-34(24)22-47(4)21-27-8-10-28(11-9-27)37(39,40)41/h8-17,19,24-26,34,49H,5-7,18,20-23H2,1-4H3,(H2,45,46,51)/t24-,25+,26-,34-/m0/s1. The molecule has 1 aliphatic heterocycles. The number of likely N-dealkylation sites (N-methyl/N-ethyl adjacent to an activating group) is 1. The van der Waals surface area contributed by atoms with Crippen LogP contribution < -0.4 is 15.4 Å². The van der Waals surface area contributed by atoms with Crippen molar-refractivity contribution in [2.45, 2.75) is 77.2 Å². The summed E-state index contributed by atoms with van der Waals surface area (Å²) in [6.45, 7) is 6.54. The first-order chi connectivity index (χ1) is 24.9. The summed E-state index contributed by atoms with van der Waals surface area (Å²) in [4.78, 5) is 30.7. The van der Waals surface area contributed by atoms with E-state index in [2.05, 4.69) is 10.6 Å². The molecule has 0 aromatic heterocycles. The maximum Gasteiger partial charge on any atom is 0.416 e. The number of hydrogen-bond acceptors (Lipinski definition) is 6. The first-order valence-electron chi connectivity index (χ1n) is 17.4. The van der Waals surface area contributed by atoms with Crippen molar-refractivity contribution < 1.29 is 50.5 Å². The number of alkyl halides is 6. The second-order valence-corrected chi connectivity index (χ2v) is 13.6. The lowest BCUT2D eigenvalue weighted by Crippen LogP contribution is -2.47. The van der Waals surface area contributed by atoms with E-state index in [1.807, 2.05) is 25.8 Å². The zero-order chi connectivity index (χ0) is 38.9. The number of ether oxygens (including phenoxy) is 2. The summed E-state index contributed by atoms with van der Waals surface area (Å²) >= 11 is 0. The van der Waals surface area contributed by atoms with Crippen LogP contribution in [0, 0.1) is 5.92 Å². The number of aliphatic hydroxyl groups is 1. The van der Waals surface area contributed by atoms with Crippen molar-refractivity contribution in [3.63, 3.8) is 0 Å². The minimum absolute atomic E-state index is 0.126. The van der Waals surface area contributed by atoms with E-state index in [0.717, 1.165) is 49.2 Å². The quantitative estimate of drug-likeness (QED) is 0.200. The van der Waals surface area contributed by atoms with Crippen molar-refractivity contribution in [2.24, 2.45) is 5.92 Å². The number of anilines is 2. The van der Waals surface area contributed by atoms with Gasteiger partial charge in [-0.15, -0.1) is 0 Å². The van der Waals surface area contributed by atoms with Crippen LogP contribution in [0.3, 0.4) is 0 Å². The van der Waals surface area contributed by atoms with Gasteiger partial charge in [0.1, 0.15) is 5.75 Å². The van der Waals surface area contributed by atoms with Gasteiger partial charge >= 0.3 is 18.4 Å². The number of amides is 3. The molecule has 0 saturated carbocycles. The normalized spacial score (nSPS) is 19.9. The Hall–Kier alpha value is -4.34. The maximum atomic E-state index is 14.4. The molecule has 0 radical (unpaired) electrons. The topological polar surface area (TPSA) is 103 Å². The second kappa shape index (κ2) is 18.1. The lowest BCUT2D eigenvalue weighted by molar-refractivity contribution is -0.138. The third-order valence-corrected chi connectivity index (χ3v) is 9.00.